The summed E-state index contributed by atoms with van der Waals surface area (Å²) >= 11 is 6.28. The lowest BCUT2D eigenvalue weighted by atomic mass is 9.92. The van der Waals surface area contributed by atoms with Crippen molar-refractivity contribution in [3.05, 3.63) is 88.6 Å². The number of anilines is 1. The molecule has 5 heteroatoms. The van der Waals surface area contributed by atoms with E-state index in [2.05, 4.69) is 47.8 Å². The number of fused-ring (bicyclic) bond motifs is 4. The molecular weight excluding hydrogens is 488 g/mol. The molecule has 0 radical (unpaired) electrons. The minimum Gasteiger partial charge on any atom is -0.384 e. The molecule has 3 aromatic carbocycles. The number of aryl methyl sites for hydroxylation is 1. The normalized spacial score (nSPS) is 14.2. The smallest absolute Gasteiger partial charge is 0.0741 e. The third-order valence-corrected chi connectivity index (χ3v) is 8.20. The van der Waals surface area contributed by atoms with Gasteiger partial charge < -0.3 is 11.1 Å². The summed E-state index contributed by atoms with van der Waals surface area (Å²) in [6, 6.07) is 22.9. The average Bonchev–Trinajstić information content (AvgIpc) is 2.94. The fourth-order valence-corrected chi connectivity index (χ4v) is 6.24. The summed E-state index contributed by atoms with van der Waals surface area (Å²) in [6.07, 6.45) is 10.3. The van der Waals surface area contributed by atoms with Crippen molar-refractivity contribution >= 4 is 50.0 Å². The van der Waals surface area contributed by atoms with Crippen LogP contribution in [0.25, 0.3) is 32.7 Å². The van der Waals surface area contributed by atoms with E-state index in [1.165, 1.54) is 64.4 Å². The van der Waals surface area contributed by atoms with Crippen LogP contribution in [0.4, 0.5) is 5.69 Å². The maximum atomic E-state index is 6.82. The Labute approximate surface area is 229 Å². The number of nitrogens with one attached hydrogen (secondary N) is 1. The van der Waals surface area contributed by atoms with Gasteiger partial charge in [0.1, 0.15) is 0 Å². The van der Waals surface area contributed by atoms with E-state index in [4.69, 9.17) is 27.3 Å². The highest BCUT2D eigenvalue weighted by atomic mass is 35.5. The Balaban J connectivity index is 1.07. The van der Waals surface area contributed by atoms with Gasteiger partial charge in [-0.3, -0.25) is 4.98 Å². The van der Waals surface area contributed by atoms with E-state index in [1.807, 2.05) is 24.3 Å². The first kappa shape index (κ1) is 25.1. The Kier molecular flexibility index (Phi) is 7.44. The number of halogens is 1. The van der Waals surface area contributed by atoms with Crippen LogP contribution in [0.15, 0.2) is 66.7 Å². The number of benzene rings is 3. The molecule has 0 aliphatic heterocycles. The van der Waals surface area contributed by atoms with Crippen molar-refractivity contribution in [2.24, 2.45) is 5.73 Å². The van der Waals surface area contributed by atoms with E-state index in [0.29, 0.717) is 0 Å². The highest BCUT2D eigenvalue weighted by Crippen LogP contribution is 2.35. The molecule has 4 nitrogen and oxygen atoms in total. The highest BCUT2D eigenvalue weighted by molar-refractivity contribution is 6.31. The maximum absolute atomic E-state index is 6.82. The molecule has 0 saturated heterocycles. The van der Waals surface area contributed by atoms with Crippen molar-refractivity contribution in [2.45, 2.75) is 63.8 Å². The third-order valence-electron chi connectivity index (χ3n) is 7.97. The van der Waals surface area contributed by atoms with Crippen LogP contribution in [0.1, 0.15) is 67.8 Å². The molecule has 2 heterocycles. The molecule has 2 aromatic heterocycles. The first-order valence-corrected chi connectivity index (χ1v) is 14.4. The molecule has 0 fully saturated rings. The highest BCUT2D eigenvalue weighted by Gasteiger charge is 2.18. The predicted molar refractivity (Wildman–Crippen MR) is 161 cm³/mol. The predicted octanol–water partition coefficient (Wildman–Crippen LogP) is 8.53. The first-order valence-electron chi connectivity index (χ1n) is 14.1. The fourth-order valence-electron chi connectivity index (χ4n) is 6.07. The second-order valence-electron chi connectivity index (χ2n) is 10.6. The van der Waals surface area contributed by atoms with Crippen LogP contribution in [0, 0.1) is 0 Å². The number of aromatic nitrogens is 2. The van der Waals surface area contributed by atoms with Gasteiger partial charge in [0.15, 0.2) is 0 Å². The molecule has 38 heavy (non-hydrogen) atoms. The number of hydrogen-bond donors (Lipinski definition) is 2. The van der Waals surface area contributed by atoms with Gasteiger partial charge in [-0.15, -0.1) is 0 Å². The summed E-state index contributed by atoms with van der Waals surface area (Å²) in [5.74, 6) is 0. The van der Waals surface area contributed by atoms with Crippen LogP contribution in [0.3, 0.4) is 0 Å². The summed E-state index contributed by atoms with van der Waals surface area (Å²) in [4.78, 5) is 9.80. The monoisotopic (exact) mass is 522 g/mol. The second-order valence-corrected chi connectivity index (χ2v) is 11.0. The van der Waals surface area contributed by atoms with E-state index in [9.17, 15) is 0 Å². The van der Waals surface area contributed by atoms with Crippen LogP contribution in [-0.4, -0.2) is 16.5 Å². The molecule has 1 aliphatic rings. The van der Waals surface area contributed by atoms with Crippen molar-refractivity contribution in [1.82, 2.24) is 9.97 Å². The zero-order valence-electron chi connectivity index (χ0n) is 21.8. The van der Waals surface area contributed by atoms with Crippen LogP contribution in [-0.2, 0) is 12.8 Å². The summed E-state index contributed by atoms with van der Waals surface area (Å²) in [5, 5.41) is 8.08. The van der Waals surface area contributed by atoms with Gasteiger partial charge in [0.25, 0.3) is 0 Å². The fraction of sp³-hybridized carbons (Fsp3) is 0.333. The molecule has 0 saturated carbocycles. The Hall–Kier alpha value is -3.21. The molecule has 5 aromatic rings. The number of para-hydroxylation sites is 2. The number of nitrogens with zero attached hydrogens (tertiary/aromatic N) is 2. The Morgan fingerprint density at radius 3 is 2.26 bits per heavy atom. The van der Waals surface area contributed by atoms with Crippen LogP contribution < -0.4 is 11.1 Å². The van der Waals surface area contributed by atoms with Crippen LogP contribution in [0.2, 0.25) is 5.02 Å². The molecule has 0 spiro atoms. The molecule has 0 bridgehead atoms. The Morgan fingerprint density at radius 1 is 0.763 bits per heavy atom. The molecule has 194 valence electrons. The van der Waals surface area contributed by atoms with E-state index >= 15 is 0 Å². The third kappa shape index (κ3) is 5.08. The maximum Gasteiger partial charge on any atom is 0.0741 e. The van der Waals surface area contributed by atoms with Gasteiger partial charge in [0, 0.05) is 45.1 Å². The van der Waals surface area contributed by atoms with E-state index < -0.39 is 0 Å². The van der Waals surface area contributed by atoms with Crippen LogP contribution in [0.5, 0.6) is 0 Å². The van der Waals surface area contributed by atoms with Crippen molar-refractivity contribution in [3.63, 3.8) is 0 Å². The van der Waals surface area contributed by atoms with Gasteiger partial charge in [-0.1, -0.05) is 67.3 Å². The molecule has 1 atom stereocenters. The summed E-state index contributed by atoms with van der Waals surface area (Å²) < 4.78 is 0. The lowest BCUT2D eigenvalue weighted by Gasteiger charge is -2.22. The standard InChI is InChI=1S/C33H35ClN4/c34-22-18-19-26-31(21-22)38-30-17-9-6-13-25(30)33(26)36-20-10-2-1-3-14-27(35)32-23-11-4-7-15-28(23)37-29-16-8-5-12-24(29)32/h4-5,7-8,11-12,15-16,18-19,21,27H,1-3,6,9-10,13-14,17,20,35H2,(H,36,38). The first-order chi connectivity index (χ1) is 18.7. The number of rotatable bonds is 9. The number of nitrogens with two attached hydrogens (primary N) is 1. The number of pyridine rings is 2. The lowest BCUT2D eigenvalue weighted by Crippen LogP contribution is -2.13. The van der Waals surface area contributed by atoms with Crippen LogP contribution >= 0.6 is 11.6 Å². The summed E-state index contributed by atoms with van der Waals surface area (Å²) in [5.41, 5.74) is 15.0. The van der Waals surface area contributed by atoms with E-state index in [0.717, 1.165) is 60.2 Å². The van der Waals surface area contributed by atoms with Gasteiger partial charge in [-0.2, -0.15) is 0 Å². The van der Waals surface area contributed by atoms with Gasteiger partial charge in [0.05, 0.1) is 16.6 Å². The van der Waals surface area contributed by atoms with Crippen molar-refractivity contribution in [3.8, 4) is 0 Å². The number of unbranched alkanes of at least 4 members (excludes halogenated alkanes) is 3. The van der Waals surface area contributed by atoms with Gasteiger partial charge >= 0.3 is 0 Å². The van der Waals surface area contributed by atoms with E-state index in [1.54, 1.807) is 0 Å². The lowest BCUT2D eigenvalue weighted by molar-refractivity contribution is 0.566. The molecule has 1 aliphatic carbocycles. The van der Waals surface area contributed by atoms with Crippen molar-refractivity contribution < 1.29 is 0 Å². The quantitative estimate of drug-likeness (QED) is 0.150. The molecule has 1 unspecified atom stereocenters. The van der Waals surface area contributed by atoms with Gasteiger partial charge in [-0.25, -0.2) is 4.98 Å². The minimum atomic E-state index is 0.00690. The topological polar surface area (TPSA) is 63.8 Å². The summed E-state index contributed by atoms with van der Waals surface area (Å²) in [6.45, 7) is 0.972. The Morgan fingerprint density at radius 2 is 1.47 bits per heavy atom. The van der Waals surface area contributed by atoms with Gasteiger partial charge in [-0.05, 0) is 80.0 Å². The largest absolute Gasteiger partial charge is 0.384 e. The molecule has 6 rings (SSSR count). The minimum absolute atomic E-state index is 0.00690. The van der Waals surface area contributed by atoms with Gasteiger partial charge in [0.2, 0.25) is 0 Å². The zero-order valence-corrected chi connectivity index (χ0v) is 22.6. The average molecular weight is 523 g/mol. The van der Waals surface area contributed by atoms with E-state index in [-0.39, 0.29) is 6.04 Å². The summed E-state index contributed by atoms with van der Waals surface area (Å²) in [7, 11) is 0. The SMILES string of the molecule is NC(CCCCCCNc1c2c(nc3cc(Cl)ccc13)CCCC2)c1c2ccccc2nc2ccccc12. The van der Waals surface area contributed by atoms with Crippen molar-refractivity contribution in [1.29, 1.82) is 0 Å². The number of hydrogen-bond acceptors (Lipinski definition) is 4. The second kappa shape index (κ2) is 11.3. The Bertz CT molecular complexity index is 1540. The zero-order chi connectivity index (χ0) is 25.9. The molecular formula is C33H35ClN4. The molecule has 3 N–H and O–H groups in total. The molecule has 0 amide bonds. The van der Waals surface area contributed by atoms with Crippen molar-refractivity contribution in [2.75, 3.05) is 11.9 Å².